The van der Waals surface area contributed by atoms with Crippen LogP contribution in [0.3, 0.4) is 0 Å². The molecule has 2 aromatic heterocycles. The number of pyridine rings is 2. The first-order valence-corrected chi connectivity index (χ1v) is 6.30. The number of hydrogen-bond acceptors (Lipinski definition) is 3. The largest absolute Gasteiger partial charge is 0.393 e. The maximum absolute atomic E-state index is 9.98. The van der Waals surface area contributed by atoms with Crippen molar-refractivity contribution in [3.63, 3.8) is 0 Å². The van der Waals surface area contributed by atoms with E-state index < -0.39 is 6.10 Å². The summed E-state index contributed by atoms with van der Waals surface area (Å²) in [5.41, 5.74) is 1.93. The highest BCUT2D eigenvalue weighted by Crippen LogP contribution is 2.16. The molecule has 2 heterocycles. The van der Waals surface area contributed by atoms with Gasteiger partial charge in [-0.25, -0.2) is 0 Å². The first-order valence-electron chi connectivity index (χ1n) is 5.92. The van der Waals surface area contributed by atoms with Crippen LogP contribution >= 0.6 is 11.6 Å². The third-order valence-electron chi connectivity index (χ3n) is 2.77. The average Bonchev–Trinajstić information content (AvgIpc) is 2.40. The van der Waals surface area contributed by atoms with E-state index in [2.05, 4.69) is 9.97 Å². The van der Waals surface area contributed by atoms with Crippen LogP contribution in [-0.2, 0) is 12.8 Å². The van der Waals surface area contributed by atoms with E-state index in [0.717, 1.165) is 17.7 Å². The highest BCUT2D eigenvalue weighted by atomic mass is 35.5. The van der Waals surface area contributed by atoms with Gasteiger partial charge in [0.15, 0.2) is 0 Å². The quantitative estimate of drug-likeness (QED) is 0.901. The molecule has 0 aromatic carbocycles. The van der Waals surface area contributed by atoms with Gasteiger partial charge in [-0.05, 0) is 43.0 Å². The maximum atomic E-state index is 9.98. The molecule has 1 atom stereocenters. The van der Waals surface area contributed by atoms with Crippen LogP contribution in [0.2, 0.25) is 5.02 Å². The Hall–Kier alpha value is -1.45. The summed E-state index contributed by atoms with van der Waals surface area (Å²) in [6.45, 7) is 0. The molecule has 0 bridgehead atoms. The molecule has 3 nitrogen and oxygen atoms in total. The molecule has 0 spiro atoms. The number of aryl methyl sites for hydroxylation is 1. The number of nitrogens with zero attached hydrogens (tertiary/aromatic N) is 2. The topological polar surface area (TPSA) is 46.0 Å². The van der Waals surface area contributed by atoms with E-state index in [9.17, 15) is 5.11 Å². The van der Waals surface area contributed by atoms with Crippen LogP contribution in [0.25, 0.3) is 0 Å². The monoisotopic (exact) mass is 262 g/mol. The van der Waals surface area contributed by atoms with Crippen LogP contribution in [0.4, 0.5) is 0 Å². The van der Waals surface area contributed by atoms with E-state index in [-0.39, 0.29) is 0 Å². The molecule has 2 aromatic rings. The predicted octanol–water partition coefficient (Wildman–Crippen LogP) is 2.67. The molecule has 0 fully saturated rings. The predicted molar refractivity (Wildman–Crippen MR) is 71.5 cm³/mol. The molecule has 4 heteroatoms. The summed E-state index contributed by atoms with van der Waals surface area (Å²) in [6, 6.07) is 7.64. The highest BCUT2D eigenvalue weighted by Gasteiger charge is 2.09. The zero-order valence-electron chi connectivity index (χ0n) is 9.96. The number of hydrogen-bond donors (Lipinski definition) is 1. The Kier molecular flexibility index (Phi) is 4.67. The first kappa shape index (κ1) is 13.0. The molecule has 0 saturated heterocycles. The standard InChI is InChI=1S/C14H15ClN2O/c15-14-10-16-8-6-11(14)9-13(18)5-4-12-3-1-2-7-17-12/h1-3,6-8,10,13,18H,4-5,9H2. The summed E-state index contributed by atoms with van der Waals surface area (Å²) in [5.74, 6) is 0. The summed E-state index contributed by atoms with van der Waals surface area (Å²) in [5, 5.41) is 10.6. The molecule has 1 unspecified atom stereocenters. The van der Waals surface area contributed by atoms with Crippen molar-refractivity contribution in [3.8, 4) is 0 Å². The second-order valence-corrected chi connectivity index (χ2v) is 4.59. The molecule has 0 aliphatic heterocycles. The minimum absolute atomic E-state index is 0.410. The lowest BCUT2D eigenvalue weighted by Gasteiger charge is -2.11. The number of aliphatic hydroxyl groups excluding tert-OH is 1. The fourth-order valence-electron chi connectivity index (χ4n) is 1.79. The summed E-state index contributed by atoms with van der Waals surface area (Å²) in [4.78, 5) is 8.15. The van der Waals surface area contributed by atoms with Crippen LogP contribution in [0.5, 0.6) is 0 Å². The van der Waals surface area contributed by atoms with E-state index in [1.165, 1.54) is 0 Å². The van der Waals surface area contributed by atoms with Gasteiger partial charge >= 0.3 is 0 Å². The van der Waals surface area contributed by atoms with Crippen molar-refractivity contribution in [3.05, 3.63) is 59.1 Å². The fraction of sp³-hybridized carbons (Fsp3) is 0.286. The zero-order valence-corrected chi connectivity index (χ0v) is 10.7. The molecule has 0 aliphatic rings. The summed E-state index contributed by atoms with van der Waals surface area (Å²) >= 11 is 6.00. The van der Waals surface area contributed by atoms with Gasteiger partial charge in [0.1, 0.15) is 0 Å². The minimum Gasteiger partial charge on any atom is -0.393 e. The van der Waals surface area contributed by atoms with Gasteiger partial charge < -0.3 is 5.11 Å². The normalized spacial score (nSPS) is 12.3. The van der Waals surface area contributed by atoms with Gasteiger partial charge in [-0.3, -0.25) is 9.97 Å². The van der Waals surface area contributed by atoms with Crippen molar-refractivity contribution in [2.75, 3.05) is 0 Å². The average molecular weight is 263 g/mol. The molecular weight excluding hydrogens is 248 g/mol. The van der Waals surface area contributed by atoms with E-state index in [0.29, 0.717) is 17.9 Å². The smallest absolute Gasteiger partial charge is 0.0622 e. The van der Waals surface area contributed by atoms with Gasteiger partial charge in [-0.1, -0.05) is 17.7 Å². The highest BCUT2D eigenvalue weighted by molar-refractivity contribution is 6.31. The lowest BCUT2D eigenvalue weighted by molar-refractivity contribution is 0.165. The number of aliphatic hydroxyl groups is 1. The van der Waals surface area contributed by atoms with Crippen LogP contribution in [0.1, 0.15) is 17.7 Å². The first-order chi connectivity index (χ1) is 8.75. The van der Waals surface area contributed by atoms with Gasteiger partial charge in [-0.2, -0.15) is 0 Å². The van der Waals surface area contributed by atoms with Crippen molar-refractivity contribution in [2.24, 2.45) is 0 Å². The zero-order chi connectivity index (χ0) is 12.8. The Bertz CT molecular complexity index is 490. The number of aromatic nitrogens is 2. The van der Waals surface area contributed by atoms with E-state index in [4.69, 9.17) is 11.6 Å². The Morgan fingerprint density at radius 3 is 2.83 bits per heavy atom. The summed E-state index contributed by atoms with van der Waals surface area (Å²) in [7, 11) is 0. The van der Waals surface area contributed by atoms with Crippen molar-refractivity contribution in [2.45, 2.75) is 25.4 Å². The molecule has 18 heavy (non-hydrogen) atoms. The molecule has 0 saturated carbocycles. The van der Waals surface area contributed by atoms with Gasteiger partial charge in [0.2, 0.25) is 0 Å². The Morgan fingerprint density at radius 1 is 1.22 bits per heavy atom. The SMILES string of the molecule is OC(CCc1ccccn1)Cc1ccncc1Cl. The molecule has 94 valence electrons. The van der Waals surface area contributed by atoms with Crippen molar-refractivity contribution < 1.29 is 5.11 Å². The van der Waals surface area contributed by atoms with Crippen molar-refractivity contribution >= 4 is 11.6 Å². The molecular formula is C14H15ClN2O. The third kappa shape index (κ3) is 3.79. The van der Waals surface area contributed by atoms with Crippen molar-refractivity contribution in [1.29, 1.82) is 0 Å². The van der Waals surface area contributed by atoms with Crippen LogP contribution in [0.15, 0.2) is 42.9 Å². The van der Waals surface area contributed by atoms with Crippen LogP contribution < -0.4 is 0 Å². The summed E-state index contributed by atoms with van der Waals surface area (Å²) in [6.07, 6.45) is 6.64. The molecule has 2 rings (SSSR count). The second kappa shape index (κ2) is 6.47. The fourth-order valence-corrected chi connectivity index (χ4v) is 1.98. The van der Waals surface area contributed by atoms with Crippen LogP contribution in [0, 0.1) is 0 Å². The summed E-state index contributed by atoms with van der Waals surface area (Å²) < 4.78 is 0. The van der Waals surface area contributed by atoms with Gasteiger partial charge in [0, 0.05) is 24.3 Å². The lowest BCUT2D eigenvalue weighted by atomic mass is 10.0. The Labute approximate surface area is 111 Å². The molecule has 1 N–H and O–H groups in total. The van der Waals surface area contributed by atoms with Gasteiger partial charge in [0.25, 0.3) is 0 Å². The van der Waals surface area contributed by atoms with E-state index >= 15 is 0 Å². The van der Waals surface area contributed by atoms with Gasteiger partial charge in [0.05, 0.1) is 11.1 Å². The van der Waals surface area contributed by atoms with E-state index in [1.54, 1.807) is 18.6 Å². The molecule has 0 aliphatic carbocycles. The molecule has 0 amide bonds. The van der Waals surface area contributed by atoms with Gasteiger partial charge in [-0.15, -0.1) is 0 Å². The second-order valence-electron chi connectivity index (χ2n) is 4.18. The van der Waals surface area contributed by atoms with Crippen molar-refractivity contribution in [1.82, 2.24) is 9.97 Å². The maximum Gasteiger partial charge on any atom is 0.0622 e. The van der Waals surface area contributed by atoms with Crippen LogP contribution in [-0.4, -0.2) is 21.2 Å². The minimum atomic E-state index is -0.410. The number of rotatable bonds is 5. The lowest BCUT2D eigenvalue weighted by Crippen LogP contribution is -2.12. The Balaban J connectivity index is 1.86. The van der Waals surface area contributed by atoms with E-state index in [1.807, 2.05) is 24.3 Å². The number of halogens is 1. The molecule has 0 radical (unpaired) electrons. The third-order valence-corrected chi connectivity index (χ3v) is 3.11. The Morgan fingerprint density at radius 2 is 2.11 bits per heavy atom.